The standard InChI is InChI=1S/C22H12O7/c23-19(24)15-13(11-7-3-1-4-8-11)14(12-9-5-2-6-10-12)17-18(16(15)20(25)26)22(28)29-21(17)27/h1-10H,(H,23,24)(H,25,26). The molecule has 0 unspecified atom stereocenters. The summed E-state index contributed by atoms with van der Waals surface area (Å²) >= 11 is 0. The Morgan fingerprint density at radius 1 is 0.586 bits per heavy atom. The Bertz CT molecular complexity index is 1200. The van der Waals surface area contributed by atoms with Crippen LogP contribution in [0.25, 0.3) is 22.3 Å². The molecule has 0 aliphatic carbocycles. The largest absolute Gasteiger partial charge is 0.478 e. The fourth-order valence-electron chi connectivity index (χ4n) is 3.56. The van der Waals surface area contributed by atoms with Gasteiger partial charge in [-0.1, -0.05) is 60.7 Å². The Morgan fingerprint density at radius 3 is 1.48 bits per heavy atom. The normalized spacial score (nSPS) is 12.4. The molecule has 29 heavy (non-hydrogen) atoms. The summed E-state index contributed by atoms with van der Waals surface area (Å²) in [4.78, 5) is 49.0. The zero-order valence-corrected chi connectivity index (χ0v) is 14.7. The third kappa shape index (κ3) is 2.76. The number of carbonyl (C=O) groups is 4. The molecule has 7 heteroatoms. The van der Waals surface area contributed by atoms with E-state index in [0.717, 1.165) is 0 Å². The molecule has 2 N–H and O–H groups in total. The lowest BCUT2D eigenvalue weighted by Gasteiger charge is -2.18. The van der Waals surface area contributed by atoms with Crippen LogP contribution in [0.15, 0.2) is 60.7 Å². The van der Waals surface area contributed by atoms with Crippen molar-refractivity contribution in [2.75, 3.05) is 0 Å². The summed E-state index contributed by atoms with van der Waals surface area (Å²) in [7, 11) is 0. The molecule has 0 saturated carbocycles. The van der Waals surface area contributed by atoms with Crippen LogP contribution in [0.1, 0.15) is 41.4 Å². The predicted octanol–water partition coefficient (Wildman–Crippen LogP) is 3.73. The van der Waals surface area contributed by atoms with Crippen LogP contribution < -0.4 is 0 Å². The molecule has 0 fully saturated rings. The molecule has 4 rings (SSSR count). The lowest BCUT2D eigenvalue weighted by atomic mass is 9.81. The van der Waals surface area contributed by atoms with E-state index in [2.05, 4.69) is 4.74 Å². The molecular formula is C22H12O7. The third-order valence-corrected chi connectivity index (χ3v) is 4.65. The zero-order valence-electron chi connectivity index (χ0n) is 14.7. The highest BCUT2D eigenvalue weighted by Crippen LogP contribution is 2.44. The molecule has 0 saturated heterocycles. The number of cyclic esters (lactones) is 2. The number of carboxylic acid groups (broad SMARTS) is 2. The molecular weight excluding hydrogens is 376 g/mol. The maximum Gasteiger partial charge on any atom is 0.347 e. The van der Waals surface area contributed by atoms with Gasteiger partial charge >= 0.3 is 23.9 Å². The summed E-state index contributed by atoms with van der Waals surface area (Å²) in [5, 5.41) is 19.6. The molecule has 1 aliphatic heterocycles. The highest BCUT2D eigenvalue weighted by atomic mass is 16.6. The van der Waals surface area contributed by atoms with Crippen molar-refractivity contribution >= 4 is 23.9 Å². The van der Waals surface area contributed by atoms with E-state index in [1.165, 1.54) is 0 Å². The van der Waals surface area contributed by atoms with E-state index >= 15 is 0 Å². The monoisotopic (exact) mass is 388 g/mol. The Morgan fingerprint density at radius 2 is 1.00 bits per heavy atom. The van der Waals surface area contributed by atoms with Crippen molar-refractivity contribution in [2.45, 2.75) is 0 Å². The van der Waals surface area contributed by atoms with Gasteiger partial charge < -0.3 is 14.9 Å². The van der Waals surface area contributed by atoms with Crippen molar-refractivity contribution in [1.82, 2.24) is 0 Å². The minimum Gasteiger partial charge on any atom is -0.478 e. The summed E-state index contributed by atoms with van der Waals surface area (Å²) in [5.41, 5.74) is -1.11. The second-order valence-electron chi connectivity index (χ2n) is 6.27. The van der Waals surface area contributed by atoms with Crippen LogP contribution in [-0.4, -0.2) is 34.1 Å². The highest BCUT2D eigenvalue weighted by molar-refractivity contribution is 6.26. The number of carbonyl (C=O) groups excluding carboxylic acids is 2. The van der Waals surface area contributed by atoms with Crippen LogP contribution in [-0.2, 0) is 4.74 Å². The van der Waals surface area contributed by atoms with Crippen molar-refractivity contribution in [1.29, 1.82) is 0 Å². The van der Waals surface area contributed by atoms with Crippen molar-refractivity contribution in [3.8, 4) is 22.3 Å². The van der Waals surface area contributed by atoms with E-state index in [0.29, 0.717) is 11.1 Å². The van der Waals surface area contributed by atoms with Crippen molar-refractivity contribution in [3.05, 3.63) is 82.9 Å². The zero-order chi connectivity index (χ0) is 20.7. The van der Waals surface area contributed by atoms with Gasteiger partial charge in [0, 0.05) is 11.1 Å². The van der Waals surface area contributed by atoms with E-state index < -0.39 is 40.6 Å². The number of esters is 2. The predicted molar refractivity (Wildman–Crippen MR) is 101 cm³/mol. The Kier molecular flexibility index (Phi) is 4.20. The molecule has 0 atom stereocenters. The van der Waals surface area contributed by atoms with Crippen molar-refractivity contribution in [2.24, 2.45) is 0 Å². The fourth-order valence-corrected chi connectivity index (χ4v) is 3.56. The van der Waals surface area contributed by atoms with Crippen LogP contribution in [0.2, 0.25) is 0 Å². The minimum absolute atomic E-state index is 0.0344. The maximum absolute atomic E-state index is 12.5. The fraction of sp³-hybridized carbons (Fsp3) is 0. The number of hydrogen-bond donors (Lipinski definition) is 2. The smallest absolute Gasteiger partial charge is 0.347 e. The van der Waals surface area contributed by atoms with Gasteiger partial charge in [0.15, 0.2) is 0 Å². The average molecular weight is 388 g/mol. The van der Waals surface area contributed by atoms with Gasteiger partial charge in [0.05, 0.1) is 22.3 Å². The minimum atomic E-state index is -1.64. The number of rotatable bonds is 4. The SMILES string of the molecule is O=C(O)c1c2c(c(-c3ccccc3)c(-c3ccccc3)c1C(=O)O)C(=O)OC2=O. The number of benzene rings is 3. The van der Waals surface area contributed by atoms with E-state index in [9.17, 15) is 29.4 Å². The second kappa shape index (κ2) is 6.72. The second-order valence-corrected chi connectivity index (χ2v) is 6.27. The molecule has 3 aromatic rings. The van der Waals surface area contributed by atoms with Gasteiger partial charge in [0.25, 0.3) is 0 Å². The number of aromatic carboxylic acids is 2. The highest BCUT2D eigenvalue weighted by Gasteiger charge is 2.42. The number of hydrogen-bond acceptors (Lipinski definition) is 5. The number of carboxylic acids is 2. The van der Waals surface area contributed by atoms with Gasteiger partial charge in [0.2, 0.25) is 0 Å². The lowest BCUT2D eigenvalue weighted by Crippen LogP contribution is -2.17. The molecule has 0 aromatic heterocycles. The Balaban J connectivity index is 2.31. The summed E-state index contributed by atoms with van der Waals surface area (Å²) in [5.74, 6) is -5.36. The Labute approximate surface area is 163 Å². The quantitative estimate of drug-likeness (QED) is 0.516. The topological polar surface area (TPSA) is 118 Å². The van der Waals surface area contributed by atoms with Crippen LogP contribution in [0.5, 0.6) is 0 Å². The van der Waals surface area contributed by atoms with E-state index in [4.69, 9.17) is 0 Å². The summed E-state index contributed by atoms with van der Waals surface area (Å²) in [6.07, 6.45) is 0. The van der Waals surface area contributed by atoms with Gasteiger partial charge in [-0.25, -0.2) is 19.2 Å². The molecule has 3 aromatic carbocycles. The van der Waals surface area contributed by atoms with Gasteiger partial charge in [-0.05, 0) is 11.1 Å². The first-order chi connectivity index (χ1) is 13.9. The molecule has 1 aliphatic rings. The van der Waals surface area contributed by atoms with Gasteiger partial charge in [-0.3, -0.25) is 0 Å². The molecule has 0 radical (unpaired) electrons. The molecule has 0 amide bonds. The third-order valence-electron chi connectivity index (χ3n) is 4.65. The lowest BCUT2D eigenvalue weighted by molar-refractivity contribution is 0.0439. The number of ether oxygens (including phenoxy) is 1. The molecule has 0 spiro atoms. The van der Waals surface area contributed by atoms with Crippen molar-refractivity contribution < 1.29 is 34.1 Å². The van der Waals surface area contributed by atoms with Gasteiger partial charge in [-0.15, -0.1) is 0 Å². The van der Waals surface area contributed by atoms with Crippen LogP contribution in [0.3, 0.4) is 0 Å². The molecule has 0 bridgehead atoms. The first-order valence-electron chi connectivity index (χ1n) is 8.49. The summed E-state index contributed by atoms with van der Waals surface area (Å²) in [6, 6.07) is 16.6. The molecule has 142 valence electrons. The molecule has 7 nitrogen and oxygen atoms in total. The summed E-state index contributed by atoms with van der Waals surface area (Å²) < 4.78 is 4.68. The van der Waals surface area contributed by atoms with E-state index in [1.807, 2.05) is 0 Å². The van der Waals surface area contributed by atoms with Crippen molar-refractivity contribution in [3.63, 3.8) is 0 Å². The summed E-state index contributed by atoms with van der Waals surface area (Å²) in [6.45, 7) is 0. The first-order valence-corrected chi connectivity index (χ1v) is 8.49. The average Bonchev–Trinajstić information content (AvgIpc) is 3.01. The maximum atomic E-state index is 12.5. The van der Waals surface area contributed by atoms with Crippen LogP contribution in [0, 0.1) is 0 Å². The molecule has 1 heterocycles. The Hall–Kier alpha value is -4.26. The first kappa shape index (κ1) is 18.1. The van der Waals surface area contributed by atoms with Crippen LogP contribution >= 0.6 is 0 Å². The van der Waals surface area contributed by atoms with Gasteiger partial charge in [-0.2, -0.15) is 0 Å². The van der Waals surface area contributed by atoms with Crippen LogP contribution in [0.4, 0.5) is 0 Å². The number of fused-ring (bicyclic) bond motifs is 1. The van der Waals surface area contributed by atoms with E-state index in [1.54, 1.807) is 60.7 Å². The van der Waals surface area contributed by atoms with E-state index in [-0.39, 0.29) is 16.7 Å². The van der Waals surface area contributed by atoms with Gasteiger partial charge in [0.1, 0.15) is 0 Å².